The number of thioether (sulfide) groups is 1. The molecule has 11 heteroatoms. The van der Waals surface area contributed by atoms with Crippen molar-refractivity contribution >= 4 is 62.1 Å². The van der Waals surface area contributed by atoms with Gasteiger partial charge in [0, 0.05) is 5.69 Å². The fraction of sp³-hybridized carbons (Fsp3) is 0.129. The number of para-hydroxylation sites is 1. The highest BCUT2D eigenvalue weighted by atomic mass is 79.9. The minimum atomic E-state index is -0.419. The molecule has 4 aromatic rings. The standard InChI is InChI=1S/C31H25BrFN3O5S/c1-2-39-26-16-20(15-25(32)29(26)41-19-28(37)34-23-12-10-21(33)11-13-23)17-27-30(38)36(18-24-9-6-14-40-24)31(42-27)35-22-7-4-3-5-8-22/h3-17H,2,18-19H2,1H3,(H,34,37)/b27-17-,35-31?. The average molecular weight is 651 g/mol. The highest BCUT2D eigenvalue weighted by molar-refractivity contribution is 9.10. The number of nitrogens with one attached hydrogen (secondary N) is 1. The molecule has 1 N–H and O–H groups in total. The molecule has 0 spiro atoms. The lowest BCUT2D eigenvalue weighted by Crippen LogP contribution is -2.28. The molecule has 0 aliphatic carbocycles. The van der Waals surface area contributed by atoms with Crippen LogP contribution >= 0.6 is 27.7 Å². The first-order valence-electron chi connectivity index (χ1n) is 12.9. The molecule has 0 unspecified atom stereocenters. The Labute approximate surface area is 254 Å². The summed E-state index contributed by atoms with van der Waals surface area (Å²) in [4.78, 5) is 32.7. The largest absolute Gasteiger partial charge is 0.490 e. The second-order valence-corrected chi connectivity index (χ2v) is 10.8. The first-order valence-corrected chi connectivity index (χ1v) is 14.5. The summed E-state index contributed by atoms with van der Waals surface area (Å²) in [5, 5.41) is 3.19. The van der Waals surface area contributed by atoms with Crippen molar-refractivity contribution in [2.75, 3.05) is 18.5 Å². The maximum Gasteiger partial charge on any atom is 0.267 e. The number of ether oxygens (including phenoxy) is 2. The Bertz CT molecular complexity index is 1630. The van der Waals surface area contributed by atoms with Crippen LogP contribution in [0, 0.1) is 5.82 Å². The van der Waals surface area contributed by atoms with Gasteiger partial charge in [-0.15, -0.1) is 0 Å². The Kier molecular flexibility index (Phi) is 9.40. The van der Waals surface area contributed by atoms with Gasteiger partial charge >= 0.3 is 0 Å². The molecule has 214 valence electrons. The summed E-state index contributed by atoms with van der Waals surface area (Å²) in [7, 11) is 0. The van der Waals surface area contributed by atoms with Gasteiger partial charge in [-0.25, -0.2) is 9.38 Å². The van der Waals surface area contributed by atoms with E-state index in [2.05, 4.69) is 21.2 Å². The third kappa shape index (κ3) is 7.29. The van der Waals surface area contributed by atoms with Crippen molar-refractivity contribution in [3.05, 3.63) is 112 Å². The lowest BCUT2D eigenvalue weighted by atomic mass is 10.1. The molecule has 0 radical (unpaired) electrons. The van der Waals surface area contributed by atoms with Crippen molar-refractivity contribution in [2.24, 2.45) is 4.99 Å². The third-order valence-electron chi connectivity index (χ3n) is 5.87. The summed E-state index contributed by atoms with van der Waals surface area (Å²) >= 11 is 4.78. The Hall–Kier alpha value is -4.35. The van der Waals surface area contributed by atoms with E-state index in [1.807, 2.05) is 43.3 Å². The van der Waals surface area contributed by atoms with E-state index in [0.29, 0.717) is 49.7 Å². The Morgan fingerprint density at radius 2 is 1.88 bits per heavy atom. The van der Waals surface area contributed by atoms with Crippen LogP contribution in [-0.4, -0.2) is 35.1 Å². The smallest absolute Gasteiger partial charge is 0.267 e. The predicted molar refractivity (Wildman–Crippen MR) is 164 cm³/mol. The van der Waals surface area contributed by atoms with E-state index < -0.39 is 11.7 Å². The molecule has 0 saturated carbocycles. The highest BCUT2D eigenvalue weighted by Crippen LogP contribution is 2.40. The zero-order valence-electron chi connectivity index (χ0n) is 22.4. The van der Waals surface area contributed by atoms with E-state index in [1.165, 1.54) is 36.0 Å². The molecule has 42 heavy (non-hydrogen) atoms. The number of benzene rings is 3. The van der Waals surface area contributed by atoms with Gasteiger partial charge in [0.05, 0.1) is 34.5 Å². The second kappa shape index (κ2) is 13.5. The SMILES string of the molecule is CCOc1cc(/C=C2\SC(=Nc3ccccc3)N(Cc3ccco3)C2=O)cc(Br)c1OCC(=O)Nc1ccc(F)cc1. The fourth-order valence-corrected chi connectivity index (χ4v) is 5.57. The van der Waals surface area contributed by atoms with Crippen LogP contribution in [0.4, 0.5) is 15.8 Å². The van der Waals surface area contributed by atoms with Crippen molar-refractivity contribution in [3.63, 3.8) is 0 Å². The molecule has 1 aromatic heterocycles. The zero-order valence-corrected chi connectivity index (χ0v) is 24.8. The number of hydrogen-bond donors (Lipinski definition) is 1. The van der Waals surface area contributed by atoms with Gasteiger partial charge in [0.1, 0.15) is 11.6 Å². The molecule has 1 saturated heterocycles. The number of carbonyl (C=O) groups excluding carboxylic acids is 2. The Balaban J connectivity index is 1.37. The van der Waals surface area contributed by atoms with Gasteiger partial charge in [-0.3, -0.25) is 14.5 Å². The second-order valence-electron chi connectivity index (χ2n) is 8.92. The molecule has 5 rings (SSSR count). The number of anilines is 1. The van der Waals surface area contributed by atoms with Gasteiger partial charge in [-0.05, 0) is 107 Å². The Morgan fingerprint density at radius 1 is 1.10 bits per heavy atom. The monoisotopic (exact) mass is 649 g/mol. The summed E-state index contributed by atoms with van der Waals surface area (Å²) < 4.78 is 30.8. The predicted octanol–water partition coefficient (Wildman–Crippen LogP) is 7.40. The van der Waals surface area contributed by atoms with Gasteiger partial charge in [0.25, 0.3) is 11.8 Å². The molecule has 0 atom stereocenters. The third-order valence-corrected chi connectivity index (χ3v) is 7.46. The molecule has 2 amide bonds. The molecule has 0 bridgehead atoms. The van der Waals surface area contributed by atoms with Gasteiger partial charge < -0.3 is 19.2 Å². The normalized spacial score (nSPS) is 14.9. The van der Waals surface area contributed by atoms with Crippen molar-refractivity contribution in [3.8, 4) is 11.5 Å². The number of carbonyl (C=O) groups is 2. The van der Waals surface area contributed by atoms with Gasteiger partial charge in [0.2, 0.25) is 0 Å². The average Bonchev–Trinajstić information content (AvgIpc) is 3.59. The Morgan fingerprint density at radius 3 is 2.60 bits per heavy atom. The maximum absolute atomic E-state index is 13.5. The van der Waals surface area contributed by atoms with E-state index >= 15 is 0 Å². The van der Waals surface area contributed by atoms with Crippen LogP contribution in [0.25, 0.3) is 6.08 Å². The molecule has 8 nitrogen and oxygen atoms in total. The molecule has 2 heterocycles. The first kappa shape index (κ1) is 29.2. The van der Waals surface area contributed by atoms with Gasteiger partial charge in [-0.2, -0.15) is 0 Å². The zero-order chi connectivity index (χ0) is 29.5. The summed E-state index contributed by atoms with van der Waals surface area (Å²) in [5.41, 5.74) is 1.86. The number of rotatable bonds is 10. The van der Waals surface area contributed by atoms with E-state index in [4.69, 9.17) is 18.9 Å². The number of hydrogen-bond acceptors (Lipinski definition) is 7. The maximum atomic E-state index is 13.5. The summed E-state index contributed by atoms with van der Waals surface area (Å²) in [6, 6.07) is 22.0. The van der Waals surface area contributed by atoms with Crippen LogP contribution in [-0.2, 0) is 16.1 Å². The van der Waals surface area contributed by atoms with E-state index in [0.717, 1.165) is 5.69 Å². The molecule has 1 fully saturated rings. The van der Waals surface area contributed by atoms with Crippen LogP contribution in [0.5, 0.6) is 11.5 Å². The number of furan rings is 1. The lowest BCUT2D eigenvalue weighted by Gasteiger charge is -2.15. The lowest BCUT2D eigenvalue weighted by molar-refractivity contribution is -0.122. The molecule has 3 aromatic carbocycles. The number of amides is 2. The summed E-state index contributed by atoms with van der Waals surface area (Å²) in [6.07, 6.45) is 3.32. The molecule has 1 aliphatic heterocycles. The summed E-state index contributed by atoms with van der Waals surface area (Å²) in [6.45, 7) is 2.12. The number of aliphatic imine (C=N–C) groups is 1. The fourth-order valence-electron chi connectivity index (χ4n) is 4.00. The number of nitrogens with zero attached hydrogens (tertiary/aromatic N) is 2. The minimum Gasteiger partial charge on any atom is -0.490 e. The van der Waals surface area contributed by atoms with E-state index in [-0.39, 0.29) is 19.1 Å². The van der Waals surface area contributed by atoms with Gasteiger partial charge in [0.15, 0.2) is 23.3 Å². The number of amidine groups is 1. The molecular formula is C31H25BrFN3O5S. The summed E-state index contributed by atoms with van der Waals surface area (Å²) in [5.74, 6) is 0.346. The van der Waals surface area contributed by atoms with Crippen LogP contribution in [0.15, 0.2) is 104 Å². The van der Waals surface area contributed by atoms with Crippen molar-refractivity contribution in [2.45, 2.75) is 13.5 Å². The first-order chi connectivity index (χ1) is 20.4. The molecular weight excluding hydrogens is 625 g/mol. The van der Waals surface area contributed by atoms with Gasteiger partial charge in [-0.1, -0.05) is 18.2 Å². The topological polar surface area (TPSA) is 93.4 Å². The highest BCUT2D eigenvalue weighted by Gasteiger charge is 2.34. The minimum absolute atomic E-state index is 0.210. The van der Waals surface area contributed by atoms with Crippen LogP contribution < -0.4 is 14.8 Å². The van der Waals surface area contributed by atoms with Crippen molar-refractivity contribution < 1.29 is 27.9 Å². The quantitative estimate of drug-likeness (QED) is 0.180. The van der Waals surface area contributed by atoms with Crippen molar-refractivity contribution in [1.82, 2.24) is 4.90 Å². The van der Waals surface area contributed by atoms with Crippen molar-refractivity contribution in [1.29, 1.82) is 0 Å². The van der Waals surface area contributed by atoms with Crippen LogP contribution in [0.1, 0.15) is 18.2 Å². The van der Waals surface area contributed by atoms with E-state index in [1.54, 1.807) is 35.4 Å². The van der Waals surface area contributed by atoms with Crippen LogP contribution in [0.2, 0.25) is 0 Å². The van der Waals surface area contributed by atoms with E-state index in [9.17, 15) is 14.0 Å². The van der Waals surface area contributed by atoms with Crippen LogP contribution in [0.3, 0.4) is 0 Å². The molecule has 1 aliphatic rings. The number of halogens is 2.